The van der Waals surface area contributed by atoms with Crippen molar-refractivity contribution >= 4 is 5.78 Å². The van der Waals surface area contributed by atoms with E-state index in [1.807, 2.05) is 13.8 Å². The van der Waals surface area contributed by atoms with Gasteiger partial charge in [-0.15, -0.1) is 0 Å². The van der Waals surface area contributed by atoms with Crippen LogP contribution in [0.15, 0.2) is 36.7 Å². The van der Waals surface area contributed by atoms with Crippen LogP contribution < -0.4 is 4.74 Å². The summed E-state index contributed by atoms with van der Waals surface area (Å²) in [4.78, 5) is 11.8. The van der Waals surface area contributed by atoms with Gasteiger partial charge in [-0.1, -0.05) is 6.07 Å². The average Bonchev–Trinajstić information content (AvgIpc) is 2.89. The van der Waals surface area contributed by atoms with Crippen LogP contribution in [0, 0.1) is 0 Å². The van der Waals surface area contributed by atoms with Crippen molar-refractivity contribution in [3.8, 4) is 17.3 Å². The predicted molar refractivity (Wildman–Crippen MR) is 77.0 cm³/mol. The third kappa shape index (κ3) is 3.10. The van der Waals surface area contributed by atoms with E-state index in [-0.39, 0.29) is 11.9 Å². The lowest BCUT2D eigenvalue weighted by Gasteiger charge is -2.10. The van der Waals surface area contributed by atoms with Gasteiger partial charge in [0.2, 0.25) is 11.7 Å². The summed E-state index contributed by atoms with van der Waals surface area (Å²) in [6.07, 6.45) is -1.82. The quantitative estimate of drug-likeness (QED) is 0.739. The molecular formula is C15H13F3N4O. The molecule has 5 nitrogen and oxygen atoms in total. The number of aromatic nitrogens is 4. The SMILES string of the molecule is CC(C)Oc1cccc(-c2cnc3nc(C(F)(F)F)ccn23)n1. The van der Waals surface area contributed by atoms with Crippen molar-refractivity contribution in [3.63, 3.8) is 0 Å². The van der Waals surface area contributed by atoms with E-state index in [0.29, 0.717) is 17.3 Å². The molecule has 0 spiro atoms. The highest BCUT2D eigenvalue weighted by atomic mass is 19.4. The summed E-state index contributed by atoms with van der Waals surface area (Å²) in [7, 11) is 0. The maximum Gasteiger partial charge on any atom is 0.433 e. The zero-order chi connectivity index (χ0) is 16.6. The summed E-state index contributed by atoms with van der Waals surface area (Å²) in [6.45, 7) is 3.76. The maximum absolute atomic E-state index is 12.7. The number of rotatable bonds is 3. The molecule has 3 aromatic rings. The molecule has 0 saturated heterocycles. The van der Waals surface area contributed by atoms with Crippen LogP contribution in [-0.4, -0.2) is 25.5 Å². The molecule has 0 aromatic carbocycles. The number of nitrogens with zero attached hydrogens (tertiary/aromatic N) is 4. The van der Waals surface area contributed by atoms with Crippen molar-refractivity contribution in [3.05, 3.63) is 42.4 Å². The second-order valence-corrected chi connectivity index (χ2v) is 5.15. The average molecular weight is 322 g/mol. The third-order valence-corrected chi connectivity index (χ3v) is 3.01. The Bertz CT molecular complexity index is 842. The molecule has 23 heavy (non-hydrogen) atoms. The number of hydrogen-bond donors (Lipinski definition) is 0. The maximum atomic E-state index is 12.7. The van der Waals surface area contributed by atoms with E-state index in [0.717, 1.165) is 6.07 Å². The zero-order valence-corrected chi connectivity index (χ0v) is 12.4. The van der Waals surface area contributed by atoms with Gasteiger partial charge in [-0.2, -0.15) is 13.2 Å². The molecule has 0 amide bonds. The molecule has 3 heterocycles. The Morgan fingerprint density at radius 3 is 2.61 bits per heavy atom. The minimum atomic E-state index is -4.50. The van der Waals surface area contributed by atoms with Crippen LogP contribution in [0.5, 0.6) is 5.88 Å². The van der Waals surface area contributed by atoms with E-state index in [4.69, 9.17) is 4.74 Å². The molecular weight excluding hydrogens is 309 g/mol. The molecule has 3 aromatic heterocycles. The Balaban J connectivity index is 2.04. The van der Waals surface area contributed by atoms with E-state index in [9.17, 15) is 13.2 Å². The van der Waals surface area contributed by atoms with Crippen LogP contribution in [0.4, 0.5) is 13.2 Å². The Morgan fingerprint density at radius 2 is 1.91 bits per heavy atom. The van der Waals surface area contributed by atoms with E-state index in [1.54, 1.807) is 18.2 Å². The Morgan fingerprint density at radius 1 is 1.13 bits per heavy atom. The molecule has 0 N–H and O–H groups in total. The van der Waals surface area contributed by atoms with Crippen molar-refractivity contribution in [2.45, 2.75) is 26.1 Å². The lowest BCUT2D eigenvalue weighted by molar-refractivity contribution is -0.141. The van der Waals surface area contributed by atoms with Crippen molar-refractivity contribution in [1.29, 1.82) is 0 Å². The van der Waals surface area contributed by atoms with Gasteiger partial charge in [0, 0.05) is 12.3 Å². The van der Waals surface area contributed by atoms with Crippen LogP contribution in [0.3, 0.4) is 0 Å². The van der Waals surface area contributed by atoms with Gasteiger partial charge >= 0.3 is 6.18 Å². The second-order valence-electron chi connectivity index (χ2n) is 5.15. The van der Waals surface area contributed by atoms with E-state index in [2.05, 4.69) is 15.0 Å². The van der Waals surface area contributed by atoms with Gasteiger partial charge < -0.3 is 4.74 Å². The molecule has 120 valence electrons. The number of halogens is 3. The highest BCUT2D eigenvalue weighted by Gasteiger charge is 2.33. The Hall–Kier alpha value is -2.64. The standard InChI is InChI=1S/C15H13F3N4O/c1-9(2)23-13-5-3-4-10(20-13)11-8-19-14-21-12(15(16,17)18)6-7-22(11)14/h3-9H,1-2H3. The van der Waals surface area contributed by atoms with Crippen molar-refractivity contribution < 1.29 is 17.9 Å². The summed E-state index contributed by atoms with van der Waals surface area (Å²) in [5, 5.41) is 0. The molecule has 0 radical (unpaired) electrons. The fraction of sp³-hybridized carbons (Fsp3) is 0.267. The van der Waals surface area contributed by atoms with Crippen LogP contribution >= 0.6 is 0 Å². The van der Waals surface area contributed by atoms with Crippen LogP contribution in [-0.2, 0) is 6.18 Å². The molecule has 8 heteroatoms. The fourth-order valence-electron chi connectivity index (χ4n) is 2.08. The van der Waals surface area contributed by atoms with Gasteiger partial charge in [0.25, 0.3) is 0 Å². The highest BCUT2D eigenvalue weighted by Crippen LogP contribution is 2.28. The van der Waals surface area contributed by atoms with Gasteiger partial charge in [0.05, 0.1) is 23.7 Å². The number of alkyl halides is 3. The summed E-state index contributed by atoms with van der Waals surface area (Å²) in [5.41, 5.74) is 0.0969. The minimum Gasteiger partial charge on any atom is -0.475 e. The molecule has 3 rings (SSSR count). The lowest BCUT2D eigenvalue weighted by atomic mass is 10.3. The lowest BCUT2D eigenvalue weighted by Crippen LogP contribution is -2.09. The number of pyridine rings is 1. The predicted octanol–water partition coefficient (Wildman–Crippen LogP) is 3.60. The number of ether oxygens (including phenoxy) is 1. The first-order valence-electron chi connectivity index (χ1n) is 6.90. The van der Waals surface area contributed by atoms with E-state index < -0.39 is 11.9 Å². The van der Waals surface area contributed by atoms with Crippen molar-refractivity contribution in [1.82, 2.24) is 19.4 Å². The number of hydrogen-bond acceptors (Lipinski definition) is 4. The Labute approximate surface area is 129 Å². The molecule has 0 saturated carbocycles. The molecule has 0 aliphatic carbocycles. The van der Waals surface area contributed by atoms with Gasteiger partial charge in [-0.25, -0.2) is 15.0 Å². The second kappa shape index (κ2) is 5.53. The van der Waals surface area contributed by atoms with Gasteiger partial charge in [0.1, 0.15) is 5.69 Å². The highest BCUT2D eigenvalue weighted by molar-refractivity contribution is 5.58. The van der Waals surface area contributed by atoms with Crippen LogP contribution in [0.2, 0.25) is 0 Å². The topological polar surface area (TPSA) is 52.3 Å². The van der Waals surface area contributed by atoms with E-state index in [1.165, 1.54) is 16.8 Å². The first-order chi connectivity index (χ1) is 10.8. The van der Waals surface area contributed by atoms with Gasteiger partial charge in [-0.05, 0) is 26.0 Å². The first kappa shape index (κ1) is 15.3. The van der Waals surface area contributed by atoms with Gasteiger partial charge in [-0.3, -0.25) is 4.40 Å². The van der Waals surface area contributed by atoms with Gasteiger partial charge in [0.15, 0.2) is 0 Å². The molecule has 0 aliphatic rings. The third-order valence-electron chi connectivity index (χ3n) is 3.01. The number of fused-ring (bicyclic) bond motifs is 1. The van der Waals surface area contributed by atoms with Crippen molar-refractivity contribution in [2.24, 2.45) is 0 Å². The molecule has 0 aliphatic heterocycles. The molecule has 0 fully saturated rings. The summed E-state index contributed by atoms with van der Waals surface area (Å²) >= 11 is 0. The molecule has 0 bridgehead atoms. The normalized spacial score (nSPS) is 12.1. The monoisotopic (exact) mass is 322 g/mol. The Kier molecular flexibility index (Phi) is 3.67. The van der Waals surface area contributed by atoms with Crippen LogP contribution in [0.25, 0.3) is 17.2 Å². The fourth-order valence-corrected chi connectivity index (χ4v) is 2.08. The van der Waals surface area contributed by atoms with Crippen LogP contribution in [0.1, 0.15) is 19.5 Å². The smallest absolute Gasteiger partial charge is 0.433 e. The van der Waals surface area contributed by atoms with Crippen molar-refractivity contribution in [2.75, 3.05) is 0 Å². The summed E-state index contributed by atoms with van der Waals surface area (Å²) in [5.74, 6) is 0.402. The summed E-state index contributed by atoms with van der Waals surface area (Å²) in [6, 6.07) is 6.12. The first-order valence-corrected chi connectivity index (χ1v) is 6.90. The molecule has 0 unspecified atom stereocenters. The summed E-state index contributed by atoms with van der Waals surface area (Å²) < 4.78 is 45.1. The molecule has 0 atom stereocenters. The minimum absolute atomic E-state index is 0.0315. The largest absolute Gasteiger partial charge is 0.475 e. The zero-order valence-electron chi connectivity index (χ0n) is 12.4. The number of imidazole rings is 1. The van der Waals surface area contributed by atoms with E-state index >= 15 is 0 Å².